The lowest BCUT2D eigenvalue weighted by Gasteiger charge is -2.24. The molecule has 0 radical (unpaired) electrons. The third kappa shape index (κ3) is 3.90. The third-order valence-electron chi connectivity index (χ3n) is 5.93. The van der Waals surface area contributed by atoms with Crippen LogP contribution in [0.3, 0.4) is 0 Å². The molecule has 1 fully saturated rings. The maximum absolute atomic E-state index is 12.0. The number of nitrogens with one attached hydrogen (secondary N) is 1. The Hall–Kier alpha value is -3.28. The first kappa shape index (κ1) is 18.7. The van der Waals surface area contributed by atoms with Gasteiger partial charge in [0.2, 0.25) is 5.91 Å². The van der Waals surface area contributed by atoms with Crippen molar-refractivity contribution in [1.29, 1.82) is 0 Å². The number of amides is 1. The Morgan fingerprint density at radius 3 is 2.93 bits per heavy atom. The minimum absolute atomic E-state index is 0.216. The van der Waals surface area contributed by atoms with Crippen molar-refractivity contribution in [3.8, 4) is 0 Å². The van der Waals surface area contributed by atoms with Crippen LogP contribution in [0.15, 0.2) is 55.0 Å². The van der Waals surface area contributed by atoms with E-state index in [1.165, 1.54) is 12.0 Å². The highest BCUT2D eigenvalue weighted by molar-refractivity contribution is 5.80. The molecule has 0 aliphatic heterocycles. The maximum atomic E-state index is 12.0. The van der Waals surface area contributed by atoms with Crippen LogP contribution >= 0.6 is 0 Å². The second-order valence-corrected chi connectivity index (χ2v) is 8.05. The van der Waals surface area contributed by atoms with Crippen molar-refractivity contribution in [2.45, 2.75) is 38.6 Å². The molecule has 0 atom stereocenters. The van der Waals surface area contributed by atoms with Crippen LogP contribution in [0.1, 0.15) is 37.1 Å². The molecular formula is C24H25N5O. The predicted octanol–water partition coefficient (Wildman–Crippen LogP) is 3.88. The Bertz CT molecular complexity index is 1190. The van der Waals surface area contributed by atoms with Crippen LogP contribution in [0.2, 0.25) is 0 Å². The van der Waals surface area contributed by atoms with Crippen molar-refractivity contribution in [3.05, 3.63) is 66.4 Å². The van der Waals surface area contributed by atoms with Gasteiger partial charge in [0.15, 0.2) is 0 Å². The molecule has 1 aromatic carbocycles. The number of hydrogen-bond donors (Lipinski definition) is 1. The Morgan fingerprint density at radius 1 is 1.13 bits per heavy atom. The number of benzene rings is 1. The van der Waals surface area contributed by atoms with Crippen molar-refractivity contribution in [3.63, 3.8) is 0 Å². The van der Waals surface area contributed by atoms with Crippen LogP contribution in [-0.2, 0) is 17.8 Å². The predicted molar refractivity (Wildman–Crippen MR) is 117 cm³/mol. The van der Waals surface area contributed by atoms with Gasteiger partial charge in [0.05, 0.1) is 5.52 Å². The average Bonchev–Trinajstić information content (AvgIpc) is 3.12. The van der Waals surface area contributed by atoms with Gasteiger partial charge in [-0.25, -0.2) is 9.97 Å². The minimum atomic E-state index is 0.216. The van der Waals surface area contributed by atoms with Gasteiger partial charge in [-0.15, -0.1) is 0 Å². The summed E-state index contributed by atoms with van der Waals surface area (Å²) in [5, 5.41) is 5.23. The summed E-state index contributed by atoms with van der Waals surface area (Å²) in [4.78, 5) is 25.7. The van der Waals surface area contributed by atoms with Crippen LogP contribution < -0.4 is 5.32 Å². The first-order valence-electron chi connectivity index (χ1n) is 10.7. The smallest absolute Gasteiger partial charge is 0.223 e. The van der Waals surface area contributed by atoms with Gasteiger partial charge in [-0.05, 0) is 49.1 Å². The number of aryl methyl sites for hydroxylation is 1. The number of aromatic nitrogens is 4. The summed E-state index contributed by atoms with van der Waals surface area (Å²) in [5.41, 5.74) is 3.12. The second kappa shape index (κ2) is 8.22. The summed E-state index contributed by atoms with van der Waals surface area (Å²) in [6.07, 6.45) is 10.6. The molecule has 0 bridgehead atoms. The average molecular weight is 399 g/mol. The molecule has 6 heteroatoms. The second-order valence-electron chi connectivity index (χ2n) is 8.05. The van der Waals surface area contributed by atoms with E-state index in [9.17, 15) is 4.79 Å². The number of nitrogens with zero attached hydrogens (tertiary/aromatic N) is 4. The summed E-state index contributed by atoms with van der Waals surface area (Å²) in [7, 11) is 0. The van der Waals surface area contributed by atoms with Gasteiger partial charge in [0.1, 0.15) is 11.5 Å². The lowest BCUT2D eigenvalue weighted by atomic mass is 9.85. The van der Waals surface area contributed by atoms with Gasteiger partial charge in [-0.3, -0.25) is 9.78 Å². The van der Waals surface area contributed by atoms with Crippen LogP contribution in [0, 0.1) is 5.92 Å². The van der Waals surface area contributed by atoms with Crippen LogP contribution in [0.4, 0.5) is 0 Å². The molecule has 30 heavy (non-hydrogen) atoms. The van der Waals surface area contributed by atoms with Gasteiger partial charge >= 0.3 is 0 Å². The first-order valence-corrected chi connectivity index (χ1v) is 10.7. The molecule has 5 rings (SSSR count). The Balaban J connectivity index is 1.25. The molecule has 3 heterocycles. The maximum Gasteiger partial charge on any atom is 0.223 e. The lowest BCUT2D eigenvalue weighted by molar-refractivity contribution is -0.127. The first-order chi connectivity index (χ1) is 14.8. The van der Waals surface area contributed by atoms with E-state index in [4.69, 9.17) is 4.98 Å². The number of pyridine rings is 1. The van der Waals surface area contributed by atoms with E-state index in [1.807, 2.05) is 30.6 Å². The van der Waals surface area contributed by atoms with Gasteiger partial charge in [-0.1, -0.05) is 18.6 Å². The molecule has 6 nitrogen and oxygen atoms in total. The Morgan fingerprint density at radius 2 is 2.07 bits per heavy atom. The highest BCUT2D eigenvalue weighted by Gasteiger charge is 2.24. The van der Waals surface area contributed by atoms with Gasteiger partial charge in [-0.2, -0.15) is 0 Å². The van der Waals surface area contributed by atoms with E-state index < -0.39 is 0 Å². The lowest BCUT2D eigenvalue weighted by Crippen LogP contribution is -2.35. The fourth-order valence-electron chi connectivity index (χ4n) is 3.96. The molecule has 1 saturated carbocycles. The van der Waals surface area contributed by atoms with Gasteiger partial charge in [0.25, 0.3) is 0 Å². The largest absolute Gasteiger partial charge is 0.356 e. The third-order valence-corrected chi connectivity index (χ3v) is 5.93. The van der Waals surface area contributed by atoms with Crippen LogP contribution in [0.25, 0.3) is 21.9 Å². The van der Waals surface area contributed by atoms with Gasteiger partial charge < -0.3 is 9.88 Å². The summed E-state index contributed by atoms with van der Waals surface area (Å²) in [6, 6.07) is 12.4. The summed E-state index contributed by atoms with van der Waals surface area (Å²) in [6.45, 7) is 1.53. The molecule has 0 unspecified atom stereocenters. The molecule has 0 saturated heterocycles. The summed E-state index contributed by atoms with van der Waals surface area (Å²) in [5.74, 6) is 1.27. The zero-order chi connectivity index (χ0) is 20.3. The van der Waals surface area contributed by atoms with Crippen LogP contribution in [-0.4, -0.2) is 32.0 Å². The quantitative estimate of drug-likeness (QED) is 0.479. The van der Waals surface area contributed by atoms with E-state index in [-0.39, 0.29) is 11.8 Å². The number of carbonyl (C=O) groups excluding carboxylic acids is 1. The summed E-state index contributed by atoms with van der Waals surface area (Å²) >= 11 is 0. The fraction of sp³-hybridized carbons (Fsp3) is 0.333. The molecule has 1 aliphatic carbocycles. The number of fused-ring (bicyclic) bond motifs is 2. The molecule has 4 aromatic rings. The topological polar surface area (TPSA) is 72.7 Å². The standard InChI is InChI=1S/C24H25N5O/c30-24(18-4-1-5-18)26-11-3-12-29-13-9-20-16-27-22(28-23(20)29)15-17-7-8-21-19(14-17)6-2-10-25-21/h2,6-10,13-14,16,18H,1,3-5,11-12,15H2,(H,26,30). The minimum Gasteiger partial charge on any atom is -0.356 e. The molecule has 1 N–H and O–H groups in total. The monoisotopic (exact) mass is 399 g/mol. The molecule has 1 aliphatic rings. The van der Waals surface area contributed by atoms with Crippen molar-refractivity contribution >= 4 is 27.8 Å². The van der Waals surface area contributed by atoms with Crippen molar-refractivity contribution in [1.82, 2.24) is 24.8 Å². The Labute approximate surface area is 175 Å². The number of carbonyl (C=O) groups is 1. The SMILES string of the molecule is O=C(NCCCn1ccc2cnc(Cc3ccc4ncccc4c3)nc21)C1CCC1. The van der Waals surface area contributed by atoms with Gasteiger partial charge in [0, 0.05) is 54.8 Å². The highest BCUT2D eigenvalue weighted by atomic mass is 16.1. The van der Waals surface area contributed by atoms with E-state index in [1.54, 1.807) is 0 Å². The summed E-state index contributed by atoms with van der Waals surface area (Å²) < 4.78 is 2.15. The van der Waals surface area contributed by atoms with E-state index >= 15 is 0 Å². The highest BCUT2D eigenvalue weighted by Crippen LogP contribution is 2.26. The molecular weight excluding hydrogens is 374 g/mol. The number of hydrogen-bond acceptors (Lipinski definition) is 4. The fourth-order valence-corrected chi connectivity index (χ4v) is 3.96. The zero-order valence-electron chi connectivity index (χ0n) is 16.9. The van der Waals surface area contributed by atoms with Crippen molar-refractivity contribution in [2.24, 2.45) is 5.92 Å². The van der Waals surface area contributed by atoms with Crippen molar-refractivity contribution < 1.29 is 4.79 Å². The normalized spacial score (nSPS) is 14.1. The zero-order valence-corrected chi connectivity index (χ0v) is 16.9. The van der Waals surface area contributed by atoms with Crippen LogP contribution in [0.5, 0.6) is 0 Å². The molecule has 1 amide bonds. The molecule has 0 spiro atoms. The van der Waals surface area contributed by atoms with E-state index in [2.05, 4.69) is 44.2 Å². The van der Waals surface area contributed by atoms with E-state index in [0.717, 1.165) is 53.6 Å². The van der Waals surface area contributed by atoms with Crippen molar-refractivity contribution in [2.75, 3.05) is 6.54 Å². The van der Waals surface area contributed by atoms with E-state index in [0.29, 0.717) is 13.0 Å². The Kier molecular flexibility index (Phi) is 5.13. The molecule has 3 aromatic heterocycles. The number of rotatable bonds is 7. The molecule has 152 valence electrons.